The second-order valence-electron chi connectivity index (χ2n) is 8.06. The van der Waals surface area contributed by atoms with Gasteiger partial charge in [-0.2, -0.15) is 0 Å². The number of amides is 1. The van der Waals surface area contributed by atoms with Crippen LogP contribution in [0.4, 0.5) is 14.5 Å². The minimum Gasteiger partial charge on any atom is -0.326 e. The Kier molecular flexibility index (Phi) is 5.85. The van der Waals surface area contributed by atoms with Gasteiger partial charge in [-0.15, -0.1) is 10.6 Å². The molecule has 0 bridgehead atoms. The molecule has 2 aromatic carbocycles. The standard InChI is InChI=1S/C22H24ClF2N5O/c1-29-20(27-30(2)28-29)15-8-6-14(7-9-15)19(16-10-11-22(24,25)13-16)21(31)26-18-5-3-4-17(23)12-18/h3-9,12,16,19,28H,10-11,13H2,1-2H3,(H,26,31)/t16-,19+/m0/s1. The molecule has 1 heterocycles. The summed E-state index contributed by atoms with van der Waals surface area (Å²) in [6.07, 6.45) is -0.199. The van der Waals surface area contributed by atoms with Gasteiger partial charge in [0.15, 0.2) is 5.84 Å². The molecule has 2 N–H and O–H groups in total. The van der Waals surface area contributed by atoms with Crippen LogP contribution in [0.5, 0.6) is 0 Å². The van der Waals surface area contributed by atoms with Gasteiger partial charge in [-0.1, -0.05) is 41.9 Å². The van der Waals surface area contributed by atoms with Crippen molar-refractivity contribution in [2.45, 2.75) is 31.1 Å². The van der Waals surface area contributed by atoms with Crippen LogP contribution in [-0.4, -0.2) is 41.9 Å². The summed E-state index contributed by atoms with van der Waals surface area (Å²) in [5.41, 5.74) is 5.11. The second kappa shape index (κ2) is 8.43. The molecular formula is C22H24ClF2N5O. The topological polar surface area (TPSA) is 60.0 Å². The van der Waals surface area contributed by atoms with Gasteiger partial charge in [0.1, 0.15) is 0 Å². The zero-order valence-electron chi connectivity index (χ0n) is 17.3. The summed E-state index contributed by atoms with van der Waals surface area (Å²) in [7, 11) is 3.63. The van der Waals surface area contributed by atoms with Gasteiger partial charge < -0.3 is 5.32 Å². The van der Waals surface area contributed by atoms with Crippen molar-refractivity contribution in [1.29, 1.82) is 0 Å². The van der Waals surface area contributed by atoms with Crippen molar-refractivity contribution >= 4 is 29.0 Å². The molecule has 1 saturated carbocycles. The maximum atomic E-state index is 14.0. The quantitative estimate of drug-likeness (QED) is 0.710. The highest BCUT2D eigenvalue weighted by Gasteiger charge is 2.45. The second-order valence-corrected chi connectivity index (χ2v) is 8.50. The summed E-state index contributed by atoms with van der Waals surface area (Å²) >= 11 is 6.02. The van der Waals surface area contributed by atoms with E-state index in [1.54, 1.807) is 41.4 Å². The summed E-state index contributed by atoms with van der Waals surface area (Å²) in [4.78, 5) is 13.2. The summed E-state index contributed by atoms with van der Waals surface area (Å²) < 4.78 is 28.0. The van der Waals surface area contributed by atoms with E-state index in [0.717, 1.165) is 11.4 Å². The van der Waals surface area contributed by atoms with Crippen LogP contribution in [0.15, 0.2) is 53.6 Å². The lowest BCUT2D eigenvalue weighted by molar-refractivity contribution is -0.118. The Morgan fingerprint density at radius 1 is 1.26 bits per heavy atom. The Morgan fingerprint density at radius 3 is 2.58 bits per heavy atom. The fourth-order valence-electron chi connectivity index (χ4n) is 4.28. The van der Waals surface area contributed by atoms with Gasteiger partial charge in [0.2, 0.25) is 11.8 Å². The molecule has 6 nitrogen and oxygen atoms in total. The molecule has 164 valence electrons. The maximum absolute atomic E-state index is 14.0. The van der Waals surface area contributed by atoms with E-state index in [9.17, 15) is 13.6 Å². The molecule has 4 rings (SSSR count). The number of carbonyl (C=O) groups excluding carboxylic acids is 1. The SMILES string of the molecule is CN1N=C(c2ccc([C@@H](C(=O)Nc3cccc(Cl)c3)[C@H]3CCC(F)(F)C3)cc2)N(C)N1. The van der Waals surface area contributed by atoms with Crippen LogP contribution in [0.25, 0.3) is 0 Å². The Bertz CT molecular complexity index is 998. The molecule has 2 atom stereocenters. The molecule has 2 aliphatic rings. The number of hydrazine groups is 2. The number of hydrazone groups is 1. The fraction of sp³-hybridized carbons (Fsp3) is 0.364. The van der Waals surface area contributed by atoms with E-state index in [0.29, 0.717) is 22.7 Å². The molecule has 0 spiro atoms. The largest absolute Gasteiger partial charge is 0.326 e. The molecule has 9 heteroatoms. The predicted molar refractivity (Wildman–Crippen MR) is 117 cm³/mol. The number of nitrogens with zero attached hydrogens (tertiary/aromatic N) is 3. The van der Waals surface area contributed by atoms with Gasteiger partial charge in [-0.25, -0.2) is 13.9 Å². The average molecular weight is 448 g/mol. The van der Waals surface area contributed by atoms with E-state index < -0.39 is 17.8 Å². The predicted octanol–water partition coefficient (Wildman–Crippen LogP) is 4.46. The monoisotopic (exact) mass is 447 g/mol. The summed E-state index contributed by atoms with van der Waals surface area (Å²) in [5, 5.41) is 11.1. The van der Waals surface area contributed by atoms with Crippen molar-refractivity contribution in [2.24, 2.45) is 11.0 Å². The van der Waals surface area contributed by atoms with Crippen LogP contribution in [0.3, 0.4) is 0 Å². The van der Waals surface area contributed by atoms with Crippen LogP contribution in [0, 0.1) is 5.92 Å². The lowest BCUT2D eigenvalue weighted by atomic mass is 9.83. The summed E-state index contributed by atoms with van der Waals surface area (Å²) in [6, 6.07) is 14.2. The van der Waals surface area contributed by atoms with Crippen molar-refractivity contribution < 1.29 is 13.6 Å². The van der Waals surface area contributed by atoms with Crippen LogP contribution in [0.2, 0.25) is 5.02 Å². The van der Waals surface area contributed by atoms with Crippen molar-refractivity contribution in [3.63, 3.8) is 0 Å². The zero-order chi connectivity index (χ0) is 22.2. The molecule has 0 saturated heterocycles. The first-order valence-corrected chi connectivity index (χ1v) is 10.5. The van der Waals surface area contributed by atoms with Crippen LogP contribution >= 0.6 is 11.6 Å². The summed E-state index contributed by atoms with van der Waals surface area (Å²) in [6.45, 7) is 0. The number of anilines is 1. The third-order valence-electron chi connectivity index (χ3n) is 5.67. The lowest BCUT2D eigenvalue weighted by Crippen LogP contribution is -2.38. The number of carbonyl (C=O) groups is 1. The average Bonchev–Trinajstić information content (AvgIpc) is 3.23. The highest BCUT2D eigenvalue weighted by Crippen LogP contribution is 2.45. The molecule has 0 unspecified atom stereocenters. The van der Waals surface area contributed by atoms with E-state index in [1.165, 1.54) is 0 Å². The van der Waals surface area contributed by atoms with Crippen LogP contribution < -0.4 is 10.9 Å². The molecule has 0 radical (unpaired) electrons. The molecule has 1 amide bonds. The number of alkyl halides is 2. The van der Waals surface area contributed by atoms with Gasteiger partial charge in [0.05, 0.1) is 5.92 Å². The van der Waals surface area contributed by atoms with E-state index in [4.69, 9.17) is 11.6 Å². The third-order valence-corrected chi connectivity index (χ3v) is 5.91. The normalized spacial score (nSPS) is 21.2. The number of amidine groups is 1. The lowest BCUT2D eigenvalue weighted by Gasteiger charge is -2.24. The molecule has 1 aliphatic heterocycles. The summed E-state index contributed by atoms with van der Waals surface area (Å²) in [5.74, 6) is -3.46. The van der Waals surface area contributed by atoms with E-state index in [1.807, 2.05) is 31.3 Å². The zero-order valence-corrected chi connectivity index (χ0v) is 18.0. The number of rotatable bonds is 5. The highest BCUT2D eigenvalue weighted by atomic mass is 35.5. The van der Waals surface area contributed by atoms with Gasteiger partial charge in [-0.05, 0) is 36.1 Å². The Balaban J connectivity index is 1.61. The van der Waals surface area contributed by atoms with Crippen molar-refractivity contribution in [1.82, 2.24) is 15.7 Å². The van der Waals surface area contributed by atoms with E-state index in [2.05, 4.69) is 16.0 Å². The third kappa shape index (κ3) is 4.80. The Labute approximate surface area is 184 Å². The van der Waals surface area contributed by atoms with E-state index in [-0.39, 0.29) is 18.7 Å². The van der Waals surface area contributed by atoms with Gasteiger partial charge >= 0.3 is 0 Å². The highest BCUT2D eigenvalue weighted by molar-refractivity contribution is 6.30. The maximum Gasteiger partial charge on any atom is 0.248 e. The number of benzene rings is 2. The first-order valence-electron chi connectivity index (χ1n) is 10.1. The number of nitrogens with one attached hydrogen (secondary N) is 2. The molecule has 31 heavy (non-hydrogen) atoms. The number of hydrogen-bond donors (Lipinski definition) is 2. The van der Waals surface area contributed by atoms with E-state index >= 15 is 0 Å². The van der Waals surface area contributed by atoms with Gasteiger partial charge in [0, 0.05) is 43.2 Å². The molecule has 1 fully saturated rings. The first-order chi connectivity index (χ1) is 14.7. The minimum absolute atomic E-state index is 0.198. The molecule has 0 aromatic heterocycles. The van der Waals surface area contributed by atoms with Gasteiger partial charge in [-0.3, -0.25) is 9.80 Å². The fourth-order valence-corrected chi connectivity index (χ4v) is 4.47. The van der Waals surface area contributed by atoms with Crippen molar-refractivity contribution in [2.75, 3.05) is 19.4 Å². The smallest absolute Gasteiger partial charge is 0.248 e. The molecule has 1 aliphatic carbocycles. The van der Waals surface area contributed by atoms with Crippen molar-refractivity contribution in [3.05, 3.63) is 64.7 Å². The van der Waals surface area contributed by atoms with Crippen LogP contribution in [-0.2, 0) is 4.79 Å². The Morgan fingerprint density at radius 2 is 2.00 bits per heavy atom. The minimum atomic E-state index is -2.74. The number of halogens is 3. The van der Waals surface area contributed by atoms with Gasteiger partial charge in [0.25, 0.3) is 0 Å². The van der Waals surface area contributed by atoms with Crippen molar-refractivity contribution in [3.8, 4) is 0 Å². The molecule has 2 aromatic rings. The van der Waals surface area contributed by atoms with Crippen LogP contribution in [0.1, 0.15) is 36.3 Å². The first kappa shape index (κ1) is 21.5. The molecular weight excluding hydrogens is 424 g/mol. The Hall–Kier alpha value is -2.71. The number of hydrogen-bond acceptors (Lipinski definition) is 5.